The van der Waals surface area contributed by atoms with Crippen molar-refractivity contribution in [1.82, 2.24) is 0 Å². The molecule has 0 aromatic heterocycles. The summed E-state index contributed by atoms with van der Waals surface area (Å²) in [5.41, 5.74) is 6.29. The summed E-state index contributed by atoms with van der Waals surface area (Å²) < 4.78 is 5.99. The Balaban J connectivity index is 2.09. The van der Waals surface area contributed by atoms with E-state index in [9.17, 15) is 0 Å². The SMILES string of the molecule is CC1CCC(Oc2ccccc2/C(N)=N/O)CC1. The molecule has 2 rings (SSSR count). The molecule has 3 N–H and O–H groups in total. The predicted molar refractivity (Wildman–Crippen MR) is 71.0 cm³/mol. The van der Waals surface area contributed by atoms with Crippen molar-refractivity contribution in [1.29, 1.82) is 0 Å². The van der Waals surface area contributed by atoms with Gasteiger partial charge in [0, 0.05) is 0 Å². The number of ether oxygens (including phenoxy) is 1. The van der Waals surface area contributed by atoms with Crippen molar-refractivity contribution in [2.45, 2.75) is 38.7 Å². The molecule has 0 amide bonds. The molecule has 4 heteroatoms. The number of nitrogens with zero attached hydrogens (tertiary/aromatic N) is 1. The summed E-state index contributed by atoms with van der Waals surface area (Å²) in [6.07, 6.45) is 4.80. The van der Waals surface area contributed by atoms with Gasteiger partial charge in [0.2, 0.25) is 0 Å². The third-order valence-electron chi connectivity index (χ3n) is 3.53. The van der Waals surface area contributed by atoms with Gasteiger partial charge in [-0.15, -0.1) is 0 Å². The Kier molecular flexibility index (Phi) is 4.07. The Bertz CT molecular complexity index is 424. The molecule has 0 bridgehead atoms. The smallest absolute Gasteiger partial charge is 0.173 e. The molecule has 1 aromatic rings. The summed E-state index contributed by atoms with van der Waals surface area (Å²) in [6.45, 7) is 2.28. The average molecular weight is 248 g/mol. The van der Waals surface area contributed by atoms with Gasteiger partial charge in [-0.3, -0.25) is 0 Å². The van der Waals surface area contributed by atoms with Gasteiger partial charge >= 0.3 is 0 Å². The number of nitrogens with two attached hydrogens (primary N) is 1. The van der Waals surface area contributed by atoms with Crippen molar-refractivity contribution >= 4 is 5.84 Å². The summed E-state index contributed by atoms with van der Waals surface area (Å²) in [5, 5.41) is 11.8. The minimum Gasteiger partial charge on any atom is -0.490 e. The Hall–Kier alpha value is -1.71. The van der Waals surface area contributed by atoms with Gasteiger partial charge < -0.3 is 15.7 Å². The largest absolute Gasteiger partial charge is 0.490 e. The van der Waals surface area contributed by atoms with Crippen molar-refractivity contribution < 1.29 is 9.94 Å². The number of amidine groups is 1. The average Bonchev–Trinajstić information content (AvgIpc) is 2.41. The van der Waals surface area contributed by atoms with E-state index in [1.54, 1.807) is 6.07 Å². The first-order chi connectivity index (χ1) is 8.70. The van der Waals surface area contributed by atoms with E-state index in [2.05, 4.69) is 12.1 Å². The summed E-state index contributed by atoms with van der Waals surface area (Å²) in [7, 11) is 0. The van der Waals surface area contributed by atoms with Gasteiger partial charge in [0.1, 0.15) is 5.75 Å². The molecule has 1 aromatic carbocycles. The quantitative estimate of drug-likeness (QED) is 0.374. The Morgan fingerprint density at radius 2 is 1.94 bits per heavy atom. The van der Waals surface area contributed by atoms with E-state index in [0.29, 0.717) is 11.3 Å². The highest BCUT2D eigenvalue weighted by atomic mass is 16.5. The highest BCUT2D eigenvalue weighted by Crippen LogP contribution is 2.28. The van der Waals surface area contributed by atoms with E-state index >= 15 is 0 Å². The zero-order chi connectivity index (χ0) is 13.0. The van der Waals surface area contributed by atoms with Crippen molar-refractivity contribution in [3.05, 3.63) is 29.8 Å². The third-order valence-corrected chi connectivity index (χ3v) is 3.53. The second-order valence-electron chi connectivity index (χ2n) is 4.98. The second-order valence-corrected chi connectivity index (χ2v) is 4.98. The van der Waals surface area contributed by atoms with Gasteiger partial charge in [-0.2, -0.15) is 0 Å². The van der Waals surface area contributed by atoms with Crippen molar-refractivity contribution in [3.8, 4) is 5.75 Å². The molecule has 0 aliphatic heterocycles. The highest BCUT2D eigenvalue weighted by Gasteiger charge is 2.20. The van der Waals surface area contributed by atoms with Crippen LogP contribution in [0.15, 0.2) is 29.4 Å². The predicted octanol–water partition coefficient (Wildman–Crippen LogP) is 2.74. The normalized spacial score (nSPS) is 24.8. The van der Waals surface area contributed by atoms with Crippen LogP contribution < -0.4 is 10.5 Å². The summed E-state index contributed by atoms with van der Waals surface area (Å²) in [6, 6.07) is 7.42. The van der Waals surface area contributed by atoms with Gasteiger partial charge in [0.05, 0.1) is 11.7 Å². The van der Waals surface area contributed by atoms with Crippen LogP contribution in [-0.2, 0) is 0 Å². The molecule has 1 aliphatic rings. The standard InChI is InChI=1S/C14H20N2O2/c1-10-6-8-11(9-7-10)18-13-5-3-2-4-12(13)14(15)16-17/h2-5,10-11,17H,6-9H2,1H3,(H2,15,16). The molecule has 0 atom stereocenters. The first-order valence-electron chi connectivity index (χ1n) is 6.44. The lowest BCUT2D eigenvalue weighted by atomic mass is 9.89. The zero-order valence-corrected chi connectivity index (χ0v) is 10.7. The molecule has 1 saturated carbocycles. The number of oxime groups is 1. The summed E-state index contributed by atoms with van der Waals surface area (Å²) in [4.78, 5) is 0. The van der Waals surface area contributed by atoms with Crippen LogP contribution >= 0.6 is 0 Å². The van der Waals surface area contributed by atoms with Gasteiger partial charge in [-0.1, -0.05) is 24.2 Å². The number of rotatable bonds is 3. The molecule has 0 unspecified atom stereocenters. The minimum atomic E-state index is 0.0924. The van der Waals surface area contributed by atoms with Crippen LogP contribution in [0.4, 0.5) is 0 Å². The molecule has 0 heterocycles. The lowest BCUT2D eigenvalue weighted by Gasteiger charge is -2.27. The van der Waals surface area contributed by atoms with Crippen molar-refractivity contribution in [2.24, 2.45) is 16.8 Å². The van der Waals surface area contributed by atoms with Crippen molar-refractivity contribution in [2.75, 3.05) is 0 Å². The maximum Gasteiger partial charge on any atom is 0.173 e. The van der Waals surface area contributed by atoms with Crippen LogP contribution in [0.25, 0.3) is 0 Å². The number of hydrogen-bond donors (Lipinski definition) is 2. The lowest BCUT2D eigenvalue weighted by molar-refractivity contribution is 0.135. The van der Waals surface area contributed by atoms with Crippen LogP contribution in [0.1, 0.15) is 38.2 Å². The maximum atomic E-state index is 8.76. The first-order valence-corrected chi connectivity index (χ1v) is 6.44. The molecule has 0 radical (unpaired) electrons. The second kappa shape index (κ2) is 5.76. The molecule has 0 saturated heterocycles. The van der Waals surface area contributed by atoms with E-state index < -0.39 is 0 Å². The summed E-state index contributed by atoms with van der Waals surface area (Å²) in [5.74, 6) is 1.59. The molecule has 18 heavy (non-hydrogen) atoms. The van der Waals surface area contributed by atoms with Crippen LogP contribution in [0, 0.1) is 5.92 Å². The number of benzene rings is 1. The molecule has 1 aliphatic carbocycles. The summed E-state index contributed by atoms with van der Waals surface area (Å²) >= 11 is 0. The van der Waals surface area contributed by atoms with Gasteiger partial charge in [0.25, 0.3) is 0 Å². The van der Waals surface area contributed by atoms with Crippen LogP contribution in [-0.4, -0.2) is 17.1 Å². The molecular formula is C14H20N2O2. The van der Waals surface area contributed by atoms with Gasteiger partial charge in [0.15, 0.2) is 5.84 Å². The third kappa shape index (κ3) is 2.94. The van der Waals surface area contributed by atoms with E-state index in [1.165, 1.54) is 12.8 Å². The van der Waals surface area contributed by atoms with E-state index in [1.807, 2.05) is 18.2 Å². The molecular weight excluding hydrogens is 228 g/mol. The Morgan fingerprint density at radius 1 is 1.28 bits per heavy atom. The zero-order valence-electron chi connectivity index (χ0n) is 10.7. The van der Waals surface area contributed by atoms with E-state index in [4.69, 9.17) is 15.7 Å². The van der Waals surface area contributed by atoms with E-state index in [-0.39, 0.29) is 11.9 Å². The molecule has 1 fully saturated rings. The van der Waals surface area contributed by atoms with Gasteiger partial charge in [-0.25, -0.2) is 0 Å². The minimum absolute atomic E-state index is 0.0924. The maximum absolute atomic E-state index is 8.76. The van der Waals surface area contributed by atoms with Crippen LogP contribution in [0.2, 0.25) is 0 Å². The van der Waals surface area contributed by atoms with Crippen molar-refractivity contribution in [3.63, 3.8) is 0 Å². The molecule has 98 valence electrons. The Morgan fingerprint density at radius 3 is 2.61 bits per heavy atom. The molecule has 0 spiro atoms. The van der Waals surface area contributed by atoms with Crippen LogP contribution in [0.5, 0.6) is 5.75 Å². The van der Waals surface area contributed by atoms with Gasteiger partial charge in [-0.05, 0) is 43.7 Å². The highest BCUT2D eigenvalue weighted by molar-refractivity contribution is 5.99. The topological polar surface area (TPSA) is 67.8 Å². The number of para-hydroxylation sites is 1. The fourth-order valence-electron chi connectivity index (χ4n) is 2.36. The Labute approximate surface area is 107 Å². The van der Waals surface area contributed by atoms with E-state index in [0.717, 1.165) is 18.8 Å². The molecule has 4 nitrogen and oxygen atoms in total. The monoisotopic (exact) mass is 248 g/mol. The number of hydrogen-bond acceptors (Lipinski definition) is 3. The first kappa shape index (κ1) is 12.7. The fourth-order valence-corrected chi connectivity index (χ4v) is 2.36. The fraction of sp³-hybridized carbons (Fsp3) is 0.500. The lowest BCUT2D eigenvalue weighted by Crippen LogP contribution is -2.24. The van der Waals surface area contributed by atoms with Crippen LogP contribution in [0.3, 0.4) is 0 Å².